The van der Waals surface area contributed by atoms with Crippen LogP contribution in [0.25, 0.3) is 11.1 Å². The first-order valence-electron chi connectivity index (χ1n) is 12.1. The van der Waals surface area contributed by atoms with Gasteiger partial charge in [-0.25, -0.2) is 0 Å². The summed E-state index contributed by atoms with van der Waals surface area (Å²) >= 11 is -3.94. The largest absolute Gasteiger partial charge is 0.147 e. The summed E-state index contributed by atoms with van der Waals surface area (Å²) in [5, 5.41) is 0. The van der Waals surface area contributed by atoms with E-state index in [0.29, 0.717) is 0 Å². The molecule has 2 aliphatic rings. The Hall–Kier alpha value is -1.84. The molecule has 0 amide bonds. The van der Waals surface area contributed by atoms with Crippen molar-refractivity contribution in [2.75, 3.05) is 0 Å². The van der Waals surface area contributed by atoms with Crippen LogP contribution in [-0.2, 0) is 17.4 Å². The monoisotopic (exact) mass is 630 g/mol. The Kier molecular flexibility index (Phi) is 8.92. The minimum Gasteiger partial charge on any atom is -0.147 e. The summed E-state index contributed by atoms with van der Waals surface area (Å²) in [6, 6.07) is 24.8. The molecule has 0 atom stereocenters. The molecular formula is C31H32Cl2F2SiZr. The van der Waals surface area contributed by atoms with Crippen molar-refractivity contribution < 1.29 is 26.2 Å². The summed E-state index contributed by atoms with van der Waals surface area (Å²) in [6.07, 6.45) is 6.54. The third-order valence-electron chi connectivity index (χ3n) is 8.23. The van der Waals surface area contributed by atoms with Gasteiger partial charge in [0.25, 0.3) is 0 Å². The standard InChI is InChI=1S/2C12H10F.C6H5.CH3.2ClH.H2Si.Zr/c2*1-9-3-2-4-12(9)10-5-7-11(13)8-6-10;1-2-4-6-5-3-1;;;;;/h2*4-8H,2H2,1H3;1-5H;1H3;2*1H;1H2;. The van der Waals surface area contributed by atoms with Crippen LogP contribution in [0.2, 0.25) is 4.63 Å². The molecule has 5 rings (SSSR count). The van der Waals surface area contributed by atoms with Gasteiger partial charge in [-0.05, 0) is 0 Å². The van der Waals surface area contributed by atoms with Gasteiger partial charge in [0.05, 0.1) is 0 Å². The molecule has 0 saturated heterocycles. The number of hydrogen-bond donors (Lipinski definition) is 0. The first-order valence-corrected chi connectivity index (χ1v) is 24.2. The van der Waals surface area contributed by atoms with E-state index in [1.807, 2.05) is 24.3 Å². The molecule has 0 aliphatic heterocycles. The van der Waals surface area contributed by atoms with E-state index in [1.165, 1.54) is 25.6 Å². The smallest absolute Gasteiger partial charge is 0.147 e. The Bertz CT molecular complexity index is 1420. The number of benzene rings is 3. The second-order valence-corrected chi connectivity index (χ2v) is 35.0. The van der Waals surface area contributed by atoms with Crippen LogP contribution in [-0.4, -0.2) is 6.88 Å². The van der Waals surface area contributed by atoms with Crippen molar-refractivity contribution in [3.05, 3.63) is 131 Å². The van der Waals surface area contributed by atoms with Crippen LogP contribution >= 0.6 is 24.8 Å². The molecule has 6 heteroatoms. The first-order chi connectivity index (χ1) is 16.7. The molecule has 0 spiro atoms. The maximum absolute atomic E-state index is 13.6. The molecule has 192 valence electrons. The predicted molar refractivity (Wildman–Crippen MR) is 158 cm³/mol. The van der Waals surface area contributed by atoms with Crippen LogP contribution in [0.3, 0.4) is 0 Å². The molecule has 0 bridgehead atoms. The molecule has 0 fully saturated rings. The van der Waals surface area contributed by atoms with Gasteiger partial charge in [0, 0.05) is 0 Å². The Morgan fingerprint density at radius 1 is 0.622 bits per heavy atom. The Morgan fingerprint density at radius 2 is 1.00 bits per heavy atom. The van der Waals surface area contributed by atoms with Crippen molar-refractivity contribution in [1.29, 1.82) is 0 Å². The summed E-state index contributed by atoms with van der Waals surface area (Å²) in [4.78, 5) is 0. The van der Waals surface area contributed by atoms with Crippen LogP contribution in [0.1, 0.15) is 37.8 Å². The second-order valence-electron chi connectivity index (χ2n) is 10.2. The minimum atomic E-state index is -3.94. The number of halogens is 4. The summed E-state index contributed by atoms with van der Waals surface area (Å²) < 4.78 is 34.4. The van der Waals surface area contributed by atoms with Crippen LogP contribution in [0.4, 0.5) is 8.78 Å². The maximum atomic E-state index is 13.6. The average molecular weight is 633 g/mol. The fraction of sp³-hybridized carbons (Fsp3) is 0.161. The molecule has 3 aromatic rings. The molecular weight excluding hydrogens is 601 g/mol. The third kappa shape index (κ3) is 4.99. The van der Waals surface area contributed by atoms with Crippen LogP contribution in [0, 0.1) is 11.6 Å². The van der Waals surface area contributed by atoms with Gasteiger partial charge >= 0.3 is 210 Å². The van der Waals surface area contributed by atoms with Gasteiger partial charge in [-0.15, -0.1) is 24.8 Å². The van der Waals surface area contributed by atoms with E-state index in [-0.39, 0.29) is 36.4 Å². The van der Waals surface area contributed by atoms with Gasteiger partial charge < -0.3 is 0 Å². The topological polar surface area (TPSA) is 0 Å². The normalized spacial score (nSPS) is 15.7. The van der Waals surface area contributed by atoms with Crippen molar-refractivity contribution >= 4 is 46.1 Å². The summed E-state index contributed by atoms with van der Waals surface area (Å²) in [7, 11) is 0. The summed E-state index contributed by atoms with van der Waals surface area (Å²) in [6.45, 7) is 6.78. The Labute approximate surface area is 233 Å². The zero-order valence-electron chi connectivity index (χ0n) is 21.4. The average Bonchev–Trinajstić information content (AvgIpc) is 3.45. The van der Waals surface area contributed by atoms with Crippen molar-refractivity contribution in [3.63, 3.8) is 0 Å². The predicted octanol–water partition coefficient (Wildman–Crippen LogP) is 8.24. The number of rotatable bonds is 5. The van der Waals surface area contributed by atoms with Gasteiger partial charge in [-0.2, -0.15) is 0 Å². The van der Waals surface area contributed by atoms with Crippen molar-refractivity contribution in [1.82, 2.24) is 0 Å². The molecule has 0 radical (unpaired) electrons. The zero-order chi connectivity index (χ0) is 24.8. The van der Waals surface area contributed by atoms with E-state index in [2.05, 4.69) is 67.8 Å². The van der Waals surface area contributed by atoms with Crippen molar-refractivity contribution in [2.24, 2.45) is 0 Å². The van der Waals surface area contributed by atoms with Gasteiger partial charge in [-0.3, -0.25) is 0 Å². The second kappa shape index (κ2) is 11.1. The van der Waals surface area contributed by atoms with Crippen LogP contribution in [0.15, 0.2) is 109 Å². The van der Waals surface area contributed by atoms with Gasteiger partial charge in [0.2, 0.25) is 0 Å². The van der Waals surface area contributed by atoms with Gasteiger partial charge in [0.1, 0.15) is 0 Å². The maximum Gasteiger partial charge on any atom is -0.147 e. The molecule has 0 nitrogen and oxygen atoms in total. The quantitative estimate of drug-likeness (QED) is 0.249. The molecule has 0 saturated carbocycles. The minimum absolute atomic E-state index is 0. The zero-order valence-corrected chi connectivity index (χ0v) is 26.9. The fourth-order valence-corrected chi connectivity index (χ4v) is 26.7. The molecule has 3 aromatic carbocycles. The summed E-state index contributed by atoms with van der Waals surface area (Å²) in [5.41, 5.74) is 7.31. The number of allylic oxidation sites excluding steroid dienone is 8. The SMILES string of the molecule is CC1=[C]([Zr]([CH3])(=[SiH2])([C]2=C(C)C(c3ccc(F)cc3)=CC2)[c]2ccccc2)CC=C1c1ccc(F)cc1.Cl.Cl. The van der Waals surface area contributed by atoms with Crippen molar-refractivity contribution in [2.45, 2.75) is 31.3 Å². The van der Waals surface area contributed by atoms with Gasteiger partial charge in [-0.1, -0.05) is 0 Å². The van der Waals surface area contributed by atoms with E-state index in [4.69, 9.17) is 0 Å². The Balaban J connectivity index is 0.00000190. The van der Waals surface area contributed by atoms with E-state index in [0.717, 1.165) is 24.0 Å². The fourth-order valence-electron chi connectivity index (χ4n) is 6.26. The molecule has 37 heavy (non-hydrogen) atoms. The number of hydrogen-bond acceptors (Lipinski definition) is 0. The molecule has 0 aromatic heterocycles. The third-order valence-corrected chi connectivity index (χ3v) is 31.2. The van der Waals surface area contributed by atoms with E-state index in [1.54, 1.807) is 30.8 Å². The summed E-state index contributed by atoms with van der Waals surface area (Å²) in [5.74, 6) is -0.413. The van der Waals surface area contributed by atoms with Gasteiger partial charge in [0.15, 0.2) is 0 Å². The Morgan fingerprint density at radius 3 is 1.38 bits per heavy atom. The first kappa shape index (κ1) is 29.7. The molecule has 2 aliphatic carbocycles. The van der Waals surface area contributed by atoms with Crippen LogP contribution in [0.5, 0.6) is 0 Å². The van der Waals surface area contributed by atoms with Crippen molar-refractivity contribution in [3.8, 4) is 0 Å². The molecule has 0 N–H and O–H groups in total. The molecule has 0 heterocycles. The van der Waals surface area contributed by atoms with E-state index < -0.39 is 17.4 Å². The van der Waals surface area contributed by atoms with E-state index in [9.17, 15) is 8.78 Å². The van der Waals surface area contributed by atoms with Crippen LogP contribution < -0.4 is 3.27 Å². The molecule has 0 unspecified atom stereocenters. The van der Waals surface area contributed by atoms with E-state index >= 15 is 0 Å².